The number of hydrogen-bond acceptors (Lipinski definition) is 6. The average Bonchev–Trinajstić information content (AvgIpc) is 3.47. The lowest BCUT2D eigenvalue weighted by molar-refractivity contribution is -0.117. The molecule has 5 heterocycles. The number of aromatic nitrogens is 5. The maximum atomic E-state index is 13.1. The van der Waals surface area contributed by atoms with Crippen molar-refractivity contribution in [3.63, 3.8) is 0 Å². The summed E-state index contributed by atoms with van der Waals surface area (Å²) in [6.07, 6.45) is 8.90. The third-order valence-electron chi connectivity index (χ3n) is 7.00. The van der Waals surface area contributed by atoms with Gasteiger partial charge in [-0.2, -0.15) is 5.10 Å². The van der Waals surface area contributed by atoms with E-state index in [9.17, 15) is 9.59 Å². The Hall–Kier alpha value is -4.37. The molecule has 0 fully saturated rings. The zero-order valence-electron chi connectivity index (χ0n) is 22.6. The van der Waals surface area contributed by atoms with Gasteiger partial charge in [0.2, 0.25) is 11.8 Å². The van der Waals surface area contributed by atoms with Crippen LogP contribution in [0.3, 0.4) is 0 Å². The van der Waals surface area contributed by atoms with Crippen LogP contribution in [0.15, 0.2) is 67.8 Å². The molecule has 4 aromatic rings. The van der Waals surface area contributed by atoms with Gasteiger partial charge in [0, 0.05) is 47.5 Å². The van der Waals surface area contributed by atoms with E-state index in [-0.39, 0.29) is 17.2 Å². The van der Waals surface area contributed by atoms with Gasteiger partial charge in [-0.3, -0.25) is 24.2 Å². The van der Waals surface area contributed by atoms with Crippen LogP contribution in [0.25, 0.3) is 22.4 Å². The fourth-order valence-electron chi connectivity index (χ4n) is 4.73. The minimum atomic E-state index is -0.461. The smallest absolute Gasteiger partial charge is 0.243 e. The van der Waals surface area contributed by atoms with Crippen molar-refractivity contribution in [1.82, 2.24) is 30.0 Å². The van der Waals surface area contributed by atoms with E-state index in [1.807, 2.05) is 42.1 Å². The molecule has 9 nitrogen and oxygen atoms in total. The number of rotatable bonds is 8. The van der Waals surface area contributed by atoms with Crippen LogP contribution in [0.2, 0.25) is 5.02 Å². The topological polar surface area (TPSA) is 115 Å². The molecule has 0 unspecified atom stereocenters. The third kappa shape index (κ3) is 5.79. The van der Waals surface area contributed by atoms with Gasteiger partial charge in [0.25, 0.3) is 0 Å². The largest absolute Gasteiger partial charge is 0.347 e. The summed E-state index contributed by atoms with van der Waals surface area (Å²) in [4.78, 5) is 37.7. The number of nitrogens with one attached hydrogen (secondary N) is 2. The van der Waals surface area contributed by atoms with Crippen molar-refractivity contribution < 1.29 is 9.59 Å². The fraction of sp³-hybridized carbons (Fsp3) is 0.267. The normalized spacial score (nSPS) is 14.3. The van der Waals surface area contributed by atoms with Gasteiger partial charge in [0.1, 0.15) is 5.82 Å². The summed E-state index contributed by atoms with van der Waals surface area (Å²) in [5.41, 5.74) is 6.09. The molecule has 0 aliphatic carbocycles. The van der Waals surface area contributed by atoms with Crippen molar-refractivity contribution >= 4 is 29.2 Å². The first-order chi connectivity index (χ1) is 19.1. The molecule has 2 N–H and O–H groups in total. The summed E-state index contributed by atoms with van der Waals surface area (Å²) in [6, 6.07) is 9.26. The molecule has 0 saturated carbocycles. The molecule has 40 heavy (non-hydrogen) atoms. The Kier molecular flexibility index (Phi) is 7.49. The van der Waals surface area contributed by atoms with Gasteiger partial charge in [-0.1, -0.05) is 38.1 Å². The zero-order valence-corrected chi connectivity index (χ0v) is 23.4. The van der Waals surface area contributed by atoms with Crippen LogP contribution in [0.4, 0.5) is 5.82 Å². The third-order valence-corrected chi connectivity index (χ3v) is 7.30. The number of anilines is 1. The Morgan fingerprint density at radius 3 is 2.62 bits per heavy atom. The summed E-state index contributed by atoms with van der Waals surface area (Å²) in [7, 11) is 0. The molecule has 1 atom stereocenters. The van der Waals surface area contributed by atoms with Crippen molar-refractivity contribution in [1.29, 1.82) is 0 Å². The van der Waals surface area contributed by atoms with E-state index in [4.69, 9.17) is 11.6 Å². The fourth-order valence-corrected chi connectivity index (χ4v) is 4.94. The Morgan fingerprint density at radius 1 is 1.10 bits per heavy atom. The molecule has 4 aromatic heterocycles. The standard InChI is InChI=1S/C30H30ClN7O2/c1-5-28(39)35-14-21-8-6-20(13-32-21)25-9-7-19(12-33-25)18(2)29(40)37-27-10-22(24(31)16-34-27)23-15-36-38-17-30(3,4)11-26(23)38/h5-10,12-13,15-16,18H,1,11,14,17H2,2-4H3,(H,35,39)(H,34,37,40)/t18-/m0/s1. The molecular weight excluding hydrogens is 526 g/mol. The lowest BCUT2D eigenvalue weighted by Gasteiger charge is -2.15. The van der Waals surface area contributed by atoms with Crippen molar-refractivity contribution in [3.8, 4) is 22.4 Å². The number of carbonyl (C=O) groups is 2. The zero-order chi connectivity index (χ0) is 28.4. The van der Waals surface area contributed by atoms with Gasteiger partial charge in [0.05, 0.1) is 35.1 Å². The van der Waals surface area contributed by atoms with Gasteiger partial charge in [-0.25, -0.2) is 4.98 Å². The molecule has 1 aliphatic heterocycles. The minimum absolute atomic E-state index is 0.137. The number of fused-ring (bicyclic) bond motifs is 1. The summed E-state index contributed by atoms with van der Waals surface area (Å²) in [5, 5.41) is 10.7. The minimum Gasteiger partial charge on any atom is -0.347 e. The Balaban J connectivity index is 1.26. The Morgan fingerprint density at radius 2 is 1.93 bits per heavy atom. The van der Waals surface area contributed by atoms with Gasteiger partial charge >= 0.3 is 0 Å². The SMILES string of the molecule is C=CC(=O)NCc1ccc(-c2ccc([C@H](C)C(=O)Nc3cc(-c4cnn5c4CC(C)(C)C5)c(Cl)cn3)cn2)cn1. The Labute approximate surface area is 237 Å². The van der Waals surface area contributed by atoms with E-state index in [1.54, 1.807) is 24.7 Å². The van der Waals surface area contributed by atoms with Crippen LogP contribution in [-0.4, -0.2) is 36.5 Å². The number of halogens is 1. The highest BCUT2D eigenvalue weighted by molar-refractivity contribution is 6.33. The first-order valence-corrected chi connectivity index (χ1v) is 13.3. The molecule has 0 spiro atoms. The van der Waals surface area contributed by atoms with E-state index >= 15 is 0 Å². The second-order valence-corrected chi connectivity index (χ2v) is 11.1. The summed E-state index contributed by atoms with van der Waals surface area (Å²) >= 11 is 6.52. The lowest BCUT2D eigenvalue weighted by atomic mass is 9.89. The van der Waals surface area contributed by atoms with Crippen molar-refractivity contribution in [2.45, 2.75) is 46.2 Å². The quantitative estimate of drug-likeness (QED) is 0.289. The van der Waals surface area contributed by atoms with Crippen molar-refractivity contribution in [2.24, 2.45) is 5.41 Å². The summed E-state index contributed by atoms with van der Waals surface area (Å²) in [5.74, 6) is -0.491. The molecule has 5 rings (SSSR count). The summed E-state index contributed by atoms with van der Waals surface area (Å²) < 4.78 is 2.03. The number of hydrogen-bond donors (Lipinski definition) is 2. The molecule has 10 heteroatoms. The van der Waals surface area contributed by atoms with E-state index in [0.717, 1.165) is 52.3 Å². The van der Waals surface area contributed by atoms with Crippen LogP contribution in [-0.2, 0) is 29.1 Å². The highest BCUT2D eigenvalue weighted by atomic mass is 35.5. The molecule has 0 aromatic carbocycles. The summed E-state index contributed by atoms with van der Waals surface area (Å²) in [6.45, 7) is 10.9. The molecule has 204 valence electrons. The molecule has 0 bridgehead atoms. The van der Waals surface area contributed by atoms with Gasteiger partial charge in [-0.05, 0) is 54.7 Å². The first kappa shape index (κ1) is 27.2. The van der Waals surface area contributed by atoms with E-state index in [0.29, 0.717) is 17.4 Å². The van der Waals surface area contributed by atoms with Crippen LogP contribution < -0.4 is 10.6 Å². The van der Waals surface area contributed by atoms with Crippen LogP contribution in [0, 0.1) is 5.41 Å². The van der Waals surface area contributed by atoms with E-state index < -0.39 is 5.92 Å². The number of amides is 2. The maximum Gasteiger partial charge on any atom is 0.243 e. The number of pyridine rings is 3. The molecule has 1 aliphatic rings. The van der Waals surface area contributed by atoms with Gasteiger partial charge in [0.15, 0.2) is 0 Å². The van der Waals surface area contributed by atoms with Gasteiger partial charge < -0.3 is 10.6 Å². The van der Waals surface area contributed by atoms with Crippen LogP contribution >= 0.6 is 11.6 Å². The average molecular weight is 556 g/mol. The van der Waals surface area contributed by atoms with E-state index in [1.165, 1.54) is 6.08 Å². The monoisotopic (exact) mass is 555 g/mol. The van der Waals surface area contributed by atoms with E-state index in [2.05, 4.69) is 51.1 Å². The second-order valence-electron chi connectivity index (χ2n) is 10.7. The van der Waals surface area contributed by atoms with Crippen molar-refractivity contribution in [2.75, 3.05) is 5.32 Å². The lowest BCUT2D eigenvalue weighted by Crippen LogP contribution is -2.20. The van der Waals surface area contributed by atoms with Crippen molar-refractivity contribution in [3.05, 3.63) is 89.7 Å². The van der Waals surface area contributed by atoms with Crippen LogP contribution in [0.1, 0.15) is 43.6 Å². The van der Waals surface area contributed by atoms with Crippen LogP contribution in [0.5, 0.6) is 0 Å². The molecule has 2 amide bonds. The predicted molar refractivity (Wildman–Crippen MR) is 155 cm³/mol. The molecule has 0 saturated heterocycles. The molecule has 0 radical (unpaired) electrons. The Bertz CT molecular complexity index is 1580. The highest BCUT2D eigenvalue weighted by Crippen LogP contribution is 2.39. The second kappa shape index (κ2) is 11.0. The highest BCUT2D eigenvalue weighted by Gasteiger charge is 2.32. The first-order valence-electron chi connectivity index (χ1n) is 13.0. The van der Waals surface area contributed by atoms with Gasteiger partial charge in [-0.15, -0.1) is 0 Å². The number of carbonyl (C=O) groups excluding carboxylic acids is 2. The number of nitrogens with zero attached hydrogens (tertiary/aromatic N) is 5. The predicted octanol–water partition coefficient (Wildman–Crippen LogP) is 5.18. The maximum absolute atomic E-state index is 13.1. The molecular formula is C30H30ClN7O2.